The quantitative estimate of drug-likeness (QED) is 0.798. The predicted molar refractivity (Wildman–Crippen MR) is 74.4 cm³/mol. The highest BCUT2D eigenvalue weighted by Gasteiger charge is 2.13. The molecule has 2 aromatic carbocycles. The molecule has 3 nitrogen and oxygen atoms in total. The molecule has 0 saturated carbocycles. The number of aromatic nitrogens is 1. The van der Waals surface area contributed by atoms with E-state index in [1.54, 1.807) is 29.0 Å². The van der Waals surface area contributed by atoms with E-state index >= 15 is 0 Å². The second-order valence-corrected chi connectivity index (χ2v) is 4.72. The van der Waals surface area contributed by atoms with Gasteiger partial charge in [0.05, 0.1) is 11.1 Å². The maximum atomic E-state index is 13.6. The fourth-order valence-electron chi connectivity index (χ4n) is 2.39. The van der Waals surface area contributed by atoms with E-state index in [4.69, 9.17) is 5.11 Å². The van der Waals surface area contributed by atoms with E-state index in [0.29, 0.717) is 16.5 Å². The first-order chi connectivity index (χ1) is 10.1. The minimum absolute atomic E-state index is 0.0896. The summed E-state index contributed by atoms with van der Waals surface area (Å²) in [5.41, 5.74) is 1.04. The average Bonchev–Trinajstić information content (AvgIpc) is 2.85. The summed E-state index contributed by atoms with van der Waals surface area (Å²) < 4.78 is 28.5. The summed E-state index contributed by atoms with van der Waals surface area (Å²) in [5, 5.41) is 9.61. The van der Waals surface area contributed by atoms with Crippen LogP contribution < -0.4 is 0 Å². The molecule has 0 aliphatic rings. The van der Waals surface area contributed by atoms with Gasteiger partial charge in [0.1, 0.15) is 11.6 Å². The van der Waals surface area contributed by atoms with Gasteiger partial charge in [-0.1, -0.05) is 12.1 Å². The van der Waals surface area contributed by atoms with Gasteiger partial charge in [0, 0.05) is 18.1 Å². The Morgan fingerprint density at radius 2 is 1.95 bits per heavy atom. The number of hydrogen-bond acceptors (Lipinski definition) is 1. The smallest absolute Gasteiger partial charge is 0.336 e. The van der Waals surface area contributed by atoms with E-state index < -0.39 is 11.8 Å². The van der Waals surface area contributed by atoms with Crippen LogP contribution in [0.4, 0.5) is 8.78 Å². The van der Waals surface area contributed by atoms with Crippen LogP contribution in [-0.2, 0) is 6.54 Å². The second-order valence-electron chi connectivity index (χ2n) is 4.72. The van der Waals surface area contributed by atoms with Crippen molar-refractivity contribution in [3.05, 3.63) is 71.4 Å². The Balaban J connectivity index is 2.07. The third kappa shape index (κ3) is 2.38. The molecule has 3 aromatic rings. The van der Waals surface area contributed by atoms with Crippen LogP contribution >= 0.6 is 0 Å². The molecule has 0 bridgehead atoms. The SMILES string of the molecule is O=C(O)c1cc(F)ccc1Cn1ccc2c(F)cccc21. The number of carboxylic acids is 1. The van der Waals surface area contributed by atoms with Gasteiger partial charge >= 0.3 is 5.97 Å². The lowest BCUT2D eigenvalue weighted by Crippen LogP contribution is -2.07. The van der Waals surface area contributed by atoms with Crippen LogP contribution in [-0.4, -0.2) is 15.6 Å². The highest BCUT2D eigenvalue weighted by molar-refractivity contribution is 5.89. The minimum Gasteiger partial charge on any atom is -0.478 e. The van der Waals surface area contributed by atoms with Gasteiger partial charge < -0.3 is 9.67 Å². The minimum atomic E-state index is -1.19. The van der Waals surface area contributed by atoms with Gasteiger partial charge in [-0.15, -0.1) is 0 Å². The Morgan fingerprint density at radius 1 is 1.14 bits per heavy atom. The number of rotatable bonds is 3. The van der Waals surface area contributed by atoms with E-state index in [-0.39, 0.29) is 17.9 Å². The lowest BCUT2D eigenvalue weighted by Gasteiger charge is -2.09. The van der Waals surface area contributed by atoms with Gasteiger partial charge in [0.25, 0.3) is 0 Å². The Bertz CT molecular complexity index is 839. The van der Waals surface area contributed by atoms with Gasteiger partial charge in [-0.05, 0) is 35.9 Å². The van der Waals surface area contributed by atoms with Crippen molar-refractivity contribution in [2.45, 2.75) is 6.54 Å². The Kier molecular flexibility index (Phi) is 3.17. The van der Waals surface area contributed by atoms with Gasteiger partial charge in [0.15, 0.2) is 0 Å². The predicted octanol–water partition coefficient (Wildman–Crippen LogP) is 3.67. The molecule has 0 saturated heterocycles. The van der Waals surface area contributed by atoms with Crippen LogP contribution in [0.25, 0.3) is 10.9 Å². The summed E-state index contributed by atoms with van der Waals surface area (Å²) in [6.07, 6.45) is 1.68. The van der Waals surface area contributed by atoms with Crippen molar-refractivity contribution in [1.29, 1.82) is 0 Å². The summed E-state index contributed by atoms with van der Waals surface area (Å²) in [6, 6.07) is 9.99. The number of carbonyl (C=O) groups is 1. The summed E-state index contributed by atoms with van der Waals surface area (Å²) in [5.74, 6) is -2.12. The molecule has 0 fully saturated rings. The molecule has 21 heavy (non-hydrogen) atoms. The van der Waals surface area contributed by atoms with E-state index in [2.05, 4.69) is 0 Å². The average molecular weight is 287 g/mol. The van der Waals surface area contributed by atoms with Crippen molar-refractivity contribution < 1.29 is 18.7 Å². The molecule has 1 N–H and O–H groups in total. The molecule has 0 aliphatic carbocycles. The zero-order valence-corrected chi connectivity index (χ0v) is 10.9. The molecule has 0 unspecified atom stereocenters. The standard InChI is InChI=1S/C16H11F2NO2/c17-11-5-4-10(13(8-11)16(20)21)9-19-7-6-12-14(18)2-1-3-15(12)19/h1-8H,9H2,(H,20,21). The first-order valence-electron chi connectivity index (χ1n) is 6.31. The summed E-state index contributed by atoms with van der Waals surface area (Å²) in [6.45, 7) is 0.231. The molecule has 0 amide bonds. The van der Waals surface area contributed by atoms with Gasteiger partial charge in [-0.3, -0.25) is 0 Å². The molecule has 0 spiro atoms. The fraction of sp³-hybridized carbons (Fsp3) is 0.0625. The topological polar surface area (TPSA) is 42.2 Å². The molecule has 1 aromatic heterocycles. The number of hydrogen-bond donors (Lipinski definition) is 1. The van der Waals surface area contributed by atoms with Crippen molar-refractivity contribution in [3.8, 4) is 0 Å². The molecule has 5 heteroatoms. The van der Waals surface area contributed by atoms with Crippen LogP contribution in [0.5, 0.6) is 0 Å². The summed E-state index contributed by atoms with van der Waals surface area (Å²) in [7, 11) is 0. The lowest BCUT2D eigenvalue weighted by molar-refractivity contribution is 0.0695. The van der Waals surface area contributed by atoms with E-state index in [1.165, 1.54) is 18.2 Å². The molecular weight excluding hydrogens is 276 g/mol. The maximum Gasteiger partial charge on any atom is 0.336 e. The number of carboxylic acid groups (broad SMARTS) is 1. The third-order valence-corrected chi connectivity index (χ3v) is 3.40. The van der Waals surface area contributed by atoms with Gasteiger partial charge in [0.2, 0.25) is 0 Å². The molecule has 0 atom stereocenters. The van der Waals surface area contributed by atoms with Crippen molar-refractivity contribution in [2.24, 2.45) is 0 Å². The van der Waals surface area contributed by atoms with Crippen molar-refractivity contribution in [2.75, 3.05) is 0 Å². The molecule has 0 radical (unpaired) electrons. The summed E-state index contributed by atoms with van der Waals surface area (Å²) >= 11 is 0. The molecule has 1 heterocycles. The second kappa shape index (κ2) is 5.01. The van der Waals surface area contributed by atoms with Crippen molar-refractivity contribution >= 4 is 16.9 Å². The Hall–Kier alpha value is -2.69. The monoisotopic (exact) mass is 287 g/mol. The molecular formula is C16H11F2NO2. The van der Waals surface area contributed by atoms with Crippen LogP contribution in [0.3, 0.4) is 0 Å². The molecule has 0 aliphatic heterocycles. The van der Waals surface area contributed by atoms with Crippen LogP contribution in [0.15, 0.2) is 48.7 Å². The van der Waals surface area contributed by atoms with E-state index in [1.807, 2.05) is 0 Å². The van der Waals surface area contributed by atoms with Crippen LogP contribution in [0, 0.1) is 11.6 Å². The van der Waals surface area contributed by atoms with Crippen molar-refractivity contribution in [3.63, 3.8) is 0 Å². The molecule has 3 rings (SSSR count). The Morgan fingerprint density at radius 3 is 2.71 bits per heavy atom. The fourth-order valence-corrected chi connectivity index (χ4v) is 2.39. The summed E-state index contributed by atoms with van der Waals surface area (Å²) in [4.78, 5) is 11.2. The normalized spacial score (nSPS) is 11.0. The number of benzene rings is 2. The van der Waals surface area contributed by atoms with Gasteiger partial charge in [-0.25, -0.2) is 13.6 Å². The third-order valence-electron chi connectivity index (χ3n) is 3.40. The van der Waals surface area contributed by atoms with Crippen molar-refractivity contribution in [1.82, 2.24) is 4.57 Å². The Labute approximate surface area is 119 Å². The number of fused-ring (bicyclic) bond motifs is 1. The first kappa shape index (κ1) is 13.3. The number of halogens is 2. The number of nitrogens with zero attached hydrogens (tertiary/aromatic N) is 1. The van der Waals surface area contributed by atoms with Crippen LogP contribution in [0.2, 0.25) is 0 Å². The molecule has 106 valence electrons. The lowest BCUT2D eigenvalue weighted by atomic mass is 10.1. The highest BCUT2D eigenvalue weighted by Crippen LogP contribution is 2.21. The number of aromatic carboxylic acids is 1. The van der Waals surface area contributed by atoms with E-state index in [9.17, 15) is 13.6 Å². The van der Waals surface area contributed by atoms with Gasteiger partial charge in [-0.2, -0.15) is 0 Å². The maximum absolute atomic E-state index is 13.6. The zero-order valence-electron chi connectivity index (χ0n) is 10.9. The van der Waals surface area contributed by atoms with Crippen LogP contribution in [0.1, 0.15) is 15.9 Å². The largest absolute Gasteiger partial charge is 0.478 e. The first-order valence-corrected chi connectivity index (χ1v) is 6.31. The highest BCUT2D eigenvalue weighted by atomic mass is 19.1. The van der Waals surface area contributed by atoms with E-state index in [0.717, 1.165) is 6.07 Å². The zero-order chi connectivity index (χ0) is 15.0.